The average molecular weight is 256 g/mol. The molecule has 2 rings (SSSR count). The monoisotopic (exact) mass is 256 g/mol. The summed E-state index contributed by atoms with van der Waals surface area (Å²) in [5, 5.41) is 29.1. The summed E-state index contributed by atoms with van der Waals surface area (Å²) < 4.78 is 5.49. The van der Waals surface area contributed by atoms with Crippen LogP contribution in [0.3, 0.4) is 0 Å². The maximum absolute atomic E-state index is 9.83. The summed E-state index contributed by atoms with van der Waals surface area (Å²) in [5.41, 5.74) is -0.564. The van der Waals surface area contributed by atoms with Crippen molar-refractivity contribution in [3.05, 3.63) is 30.3 Å². The van der Waals surface area contributed by atoms with Gasteiger partial charge in [-0.25, -0.2) is 0 Å². The molecule has 5 heteroatoms. The third-order valence-electron chi connectivity index (χ3n) is 2.80. The zero-order valence-corrected chi connectivity index (χ0v) is 10.2. The van der Waals surface area contributed by atoms with Crippen molar-refractivity contribution in [2.45, 2.75) is 41.7 Å². The molecule has 0 aromatic heterocycles. The molecule has 3 N–H and O–H groups in total. The summed E-state index contributed by atoms with van der Waals surface area (Å²) in [6.07, 6.45) is -3.79. The first-order chi connectivity index (χ1) is 8.09. The first-order valence-corrected chi connectivity index (χ1v) is 6.39. The van der Waals surface area contributed by atoms with E-state index >= 15 is 0 Å². The molecule has 1 aliphatic rings. The Labute approximate surface area is 104 Å². The number of aliphatic hydroxyl groups is 3. The van der Waals surface area contributed by atoms with Crippen molar-refractivity contribution < 1.29 is 20.1 Å². The summed E-state index contributed by atoms with van der Waals surface area (Å²) in [5.74, 6) is 0. The van der Waals surface area contributed by atoms with Crippen LogP contribution in [-0.2, 0) is 4.74 Å². The number of hydrogen-bond donors (Lipinski definition) is 3. The molecule has 1 heterocycles. The van der Waals surface area contributed by atoms with Crippen LogP contribution in [0.2, 0.25) is 0 Å². The van der Waals surface area contributed by atoms with E-state index in [0.717, 1.165) is 4.90 Å². The molecule has 17 heavy (non-hydrogen) atoms. The standard InChI is InChI=1S/C12H16O4S/c1-7-9(13)10(14)11(15)12(16-7)17-8-5-3-2-4-6-8/h2-7,9-15H,1H3/t7?,9-,10+,11?,12-/m1/s1. The Morgan fingerprint density at radius 2 is 1.65 bits per heavy atom. The van der Waals surface area contributed by atoms with Crippen molar-refractivity contribution >= 4 is 11.8 Å². The van der Waals surface area contributed by atoms with E-state index in [1.807, 2.05) is 30.3 Å². The second kappa shape index (κ2) is 5.37. The van der Waals surface area contributed by atoms with Crippen molar-refractivity contribution in [2.24, 2.45) is 0 Å². The number of hydrogen-bond acceptors (Lipinski definition) is 5. The molecule has 1 fully saturated rings. The third-order valence-corrected chi connectivity index (χ3v) is 3.97. The van der Waals surface area contributed by atoms with E-state index in [0.29, 0.717) is 0 Å². The van der Waals surface area contributed by atoms with E-state index in [1.165, 1.54) is 11.8 Å². The minimum Gasteiger partial charge on any atom is -0.388 e. The molecule has 1 aromatic rings. The van der Waals surface area contributed by atoms with Crippen molar-refractivity contribution in [2.75, 3.05) is 0 Å². The Balaban J connectivity index is 2.06. The molecule has 1 aliphatic heterocycles. The molecule has 1 aromatic carbocycles. The normalized spacial score (nSPS) is 38.0. The van der Waals surface area contributed by atoms with E-state index in [2.05, 4.69) is 0 Å². The first kappa shape index (κ1) is 12.9. The fourth-order valence-electron chi connectivity index (χ4n) is 1.74. The zero-order valence-electron chi connectivity index (χ0n) is 9.43. The highest BCUT2D eigenvalue weighted by atomic mass is 32.2. The van der Waals surface area contributed by atoms with Crippen LogP contribution in [0.15, 0.2) is 35.2 Å². The Morgan fingerprint density at radius 1 is 1.00 bits per heavy atom. The third kappa shape index (κ3) is 2.81. The van der Waals surface area contributed by atoms with Crippen LogP contribution in [0, 0.1) is 0 Å². The van der Waals surface area contributed by atoms with Crippen LogP contribution < -0.4 is 0 Å². The van der Waals surface area contributed by atoms with Gasteiger partial charge < -0.3 is 20.1 Å². The van der Waals surface area contributed by atoms with Crippen molar-refractivity contribution in [1.29, 1.82) is 0 Å². The Kier molecular flexibility index (Phi) is 4.06. The minimum atomic E-state index is -1.17. The SMILES string of the molecule is CC1O[C@H](Sc2ccccc2)C(O)[C@@H](O)[C@@H]1O. The maximum atomic E-state index is 9.83. The van der Waals surface area contributed by atoms with E-state index in [1.54, 1.807) is 6.92 Å². The largest absolute Gasteiger partial charge is 0.388 e. The number of ether oxygens (including phenoxy) is 1. The zero-order chi connectivity index (χ0) is 12.4. The van der Waals surface area contributed by atoms with Crippen molar-refractivity contribution in [3.8, 4) is 0 Å². The van der Waals surface area contributed by atoms with Gasteiger partial charge in [0.05, 0.1) is 6.10 Å². The van der Waals surface area contributed by atoms with Gasteiger partial charge >= 0.3 is 0 Å². The molecule has 0 radical (unpaired) electrons. The second-order valence-electron chi connectivity index (χ2n) is 4.11. The maximum Gasteiger partial charge on any atom is 0.136 e. The summed E-state index contributed by atoms with van der Waals surface area (Å²) in [7, 11) is 0. The van der Waals surface area contributed by atoms with Gasteiger partial charge in [-0.3, -0.25) is 0 Å². The van der Waals surface area contributed by atoms with E-state index < -0.39 is 29.9 Å². The first-order valence-electron chi connectivity index (χ1n) is 5.51. The lowest BCUT2D eigenvalue weighted by molar-refractivity contribution is -0.192. The summed E-state index contributed by atoms with van der Waals surface area (Å²) >= 11 is 1.34. The number of rotatable bonds is 2. The molecule has 0 amide bonds. The molecule has 0 aliphatic carbocycles. The van der Waals surface area contributed by atoms with Crippen LogP contribution in [-0.4, -0.2) is 45.2 Å². The van der Waals surface area contributed by atoms with Gasteiger partial charge in [0.2, 0.25) is 0 Å². The lowest BCUT2D eigenvalue weighted by Crippen LogP contribution is -2.55. The highest BCUT2D eigenvalue weighted by Gasteiger charge is 2.42. The molecule has 0 bridgehead atoms. The van der Waals surface area contributed by atoms with Crippen LogP contribution in [0.25, 0.3) is 0 Å². The van der Waals surface area contributed by atoms with Crippen LogP contribution in [0.1, 0.15) is 6.92 Å². The van der Waals surface area contributed by atoms with E-state index in [-0.39, 0.29) is 0 Å². The lowest BCUT2D eigenvalue weighted by atomic mass is 10.0. The van der Waals surface area contributed by atoms with E-state index in [9.17, 15) is 15.3 Å². The summed E-state index contributed by atoms with van der Waals surface area (Å²) in [6, 6.07) is 9.51. The molecular weight excluding hydrogens is 240 g/mol. The van der Waals surface area contributed by atoms with Crippen LogP contribution in [0.5, 0.6) is 0 Å². The fraction of sp³-hybridized carbons (Fsp3) is 0.500. The van der Waals surface area contributed by atoms with Crippen molar-refractivity contribution in [3.63, 3.8) is 0 Å². The minimum absolute atomic E-state index is 0.491. The predicted octanol–water partition coefficient (Wildman–Crippen LogP) is 0.606. The smallest absolute Gasteiger partial charge is 0.136 e. The van der Waals surface area contributed by atoms with Gasteiger partial charge in [-0.15, -0.1) is 0 Å². The van der Waals surface area contributed by atoms with Gasteiger partial charge in [0.1, 0.15) is 23.7 Å². The molecule has 0 saturated carbocycles. The predicted molar refractivity (Wildman–Crippen MR) is 64.7 cm³/mol. The number of thioether (sulfide) groups is 1. The average Bonchev–Trinajstić information content (AvgIpc) is 2.35. The molecule has 0 spiro atoms. The fourth-order valence-corrected chi connectivity index (χ4v) is 2.86. The van der Waals surface area contributed by atoms with Crippen LogP contribution >= 0.6 is 11.8 Å². The van der Waals surface area contributed by atoms with Gasteiger partial charge in [0.25, 0.3) is 0 Å². The highest BCUT2D eigenvalue weighted by molar-refractivity contribution is 7.99. The lowest BCUT2D eigenvalue weighted by Gasteiger charge is -2.38. The summed E-state index contributed by atoms with van der Waals surface area (Å²) in [6.45, 7) is 1.68. The van der Waals surface area contributed by atoms with Gasteiger partial charge in [-0.1, -0.05) is 30.0 Å². The Hall–Kier alpha value is -0.590. The second-order valence-corrected chi connectivity index (χ2v) is 5.28. The quantitative estimate of drug-likeness (QED) is 0.723. The Morgan fingerprint density at radius 3 is 2.29 bits per heavy atom. The number of aliphatic hydroxyl groups excluding tert-OH is 3. The number of benzene rings is 1. The molecule has 94 valence electrons. The molecule has 2 unspecified atom stereocenters. The van der Waals surface area contributed by atoms with Crippen molar-refractivity contribution in [1.82, 2.24) is 0 Å². The van der Waals surface area contributed by atoms with Gasteiger partial charge in [-0.2, -0.15) is 0 Å². The highest BCUT2D eigenvalue weighted by Crippen LogP contribution is 2.32. The van der Waals surface area contributed by atoms with E-state index in [4.69, 9.17) is 4.74 Å². The van der Waals surface area contributed by atoms with Crippen LogP contribution in [0.4, 0.5) is 0 Å². The summed E-state index contributed by atoms with van der Waals surface area (Å²) in [4.78, 5) is 0.951. The Bertz CT molecular complexity index is 359. The molecule has 1 saturated heterocycles. The van der Waals surface area contributed by atoms with Gasteiger partial charge in [0, 0.05) is 4.90 Å². The topological polar surface area (TPSA) is 69.9 Å². The van der Waals surface area contributed by atoms with Gasteiger partial charge in [0.15, 0.2) is 0 Å². The van der Waals surface area contributed by atoms with Gasteiger partial charge in [-0.05, 0) is 19.1 Å². The molecule has 4 nitrogen and oxygen atoms in total. The molecular formula is C12H16O4S. The molecule has 5 atom stereocenters.